The predicted molar refractivity (Wildman–Crippen MR) is 112 cm³/mol. The molecule has 3 aliphatic rings. The molecule has 0 fully saturated rings. The summed E-state index contributed by atoms with van der Waals surface area (Å²) in [6, 6.07) is 8.94. The second-order valence-corrected chi connectivity index (χ2v) is 8.04. The molecule has 0 aliphatic heterocycles. The third-order valence-electron chi connectivity index (χ3n) is 6.64. The Hall–Kier alpha value is -2.34. The maximum absolute atomic E-state index is 2.51. The second-order valence-electron chi connectivity index (χ2n) is 8.04. The number of rotatable bonds is 1. The van der Waals surface area contributed by atoms with E-state index in [2.05, 4.69) is 68.5 Å². The van der Waals surface area contributed by atoms with E-state index in [1.54, 1.807) is 11.1 Å². The molecule has 0 nitrogen and oxygen atoms in total. The highest BCUT2D eigenvalue weighted by atomic mass is 14.3. The predicted octanol–water partition coefficient (Wildman–Crippen LogP) is 7.01. The van der Waals surface area contributed by atoms with E-state index in [9.17, 15) is 0 Å². The van der Waals surface area contributed by atoms with E-state index in [0.717, 1.165) is 5.92 Å². The molecule has 0 saturated heterocycles. The summed E-state index contributed by atoms with van der Waals surface area (Å²) in [7, 11) is 0. The summed E-state index contributed by atoms with van der Waals surface area (Å²) in [6.45, 7) is 4.65. The average Bonchev–Trinajstić information content (AvgIpc) is 2.71. The molecule has 0 amide bonds. The fourth-order valence-electron chi connectivity index (χ4n) is 5.24. The Morgan fingerprint density at radius 1 is 0.962 bits per heavy atom. The second kappa shape index (κ2) is 6.13. The molecule has 0 heteroatoms. The lowest BCUT2D eigenvalue weighted by Crippen LogP contribution is -2.13. The highest BCUT2D eigenvalue weighted by Crippen LogP contribution is 2.44. The summed E-state index contributed by atoms with van der Waals surface area (Å²) in [5, 5.41) is 2.86. The molecule has 1 unspecified atom stereocenters. The lowest BCUT2D eigenvalue weighted by molar-refractivity contribution is 0.558. The lowest BCUT2D eigenvalue weighted by atomic mass is 9.74. The molecule has 0 spiro atoms. The molecular weight excluding hydrogens is 312 g/mol. The van der Waals surface area contributed by atoms with Crippen molar-refractivity contribution in [2.24, 2.45) is 5.92 Å². The van der Waals surface area contributed by atoms with Crippen LogP contribution in [0.2, 0.25) is 0 Å². The number of fused-ring (bicyclic) bond motifs is 3. The molecule has 5 rings (SSSR count). The Labute approximate surface area is 156 Å². The zero-order valence-electron chi connectivity index (χ0n) is 15.8. The van der Waals surface area contributed by atoms with Crippen molar-refractivity contribution in [1.82, 2.24) is 0 Å². The van der Waals surface area contributed by atoms with Gasteiger partial charge in [0.25, 0.3) is 0 Å². The molecule has 2 aromatic carbocycles. The topological polar surface area (TPSA) is 0 Å². The molecule has 0 aromatic heterocycles. The molecule has 0 heterocycles. The highest BCUT2D eigenvalue weighted by Gasteiger charge is 2.26. The fraction of sp³-hybridized carbons (Fsp3) is 0.308. The first-order chi connectivity index (χ1) is 12.7. The minimum absolute atomic E-state index is 0.742. The highest BCUT2D eigenvalue weighted by molar-refractivity contribution is 5.97. The van der Waals surface area contributed by atoms with Crippen molar-refractivity contribution < 1.29 is 0 Å². The quantitative estimate of drug-likeness (QED) is 0.524. The van der Waals surface area contributed by atoms with Crippen LogP contribution in [0.5, 0.6) is 0 Å². The zero-order valence-corrected chi connectivity index (χ0v) is 15.8. The van der Waals surface area contributed by atoms with Gasteiger partial charge in [0.05, 0.1) is 0 Å². The maximum atomic E-state index is 2.51. The van der Waals surface area contributed by atoms with Crippen molar-refractivity contribution in [3.8, 4) is 0 Å². The number of hydrogen-bond acceptors (Lipinski definition) is 0. The minimum Gasteiger partial charge on any atom is -0.0839 e. The molecule has 0 radical (unpaired) electrons. The van der Waals surface area contributed by atoms with Crippen molar-refractivity contribution in [2.75, 3.05) is 0 Å². The van der Waals surface area contributed by atoms with Crippen LogP contribution < -0.4 is 0 Å². The third kappa shape index (κ3) is 2.35. The Bertz CT molecular complexity index is 1020. The first kappa shape index (κ1) is 15.9. The van der Waals surface area contributed by atoms with Gasteiger partial charge in [-0.3, -0.25) is 0 Å². The summed E-state index contributed by atoms with van der Waals surface area (Å²) in [5.41, 5.74) is 10.7. The molecule has 1 atom stereocenters. The fourth-order valence-corrected chi connectivity index (χ4v) is 5.24. The minimum atomic E-state index is 0.742. The van der Waals surface area contributed by atoms with E-state index in [4.69, 9.17) is 0 Å². The van der Waals surface area contributed by atoms with Crippen LogP contribution in [0.15, 0.2) is 65.8 Å². The summed E-state index contributed by atoms with van der Waals surface area (Å²) >= 11 is 0. The van der Waals surface area contributed by atoms with Gasteiger partial charge in [0, 0.05) is 0 Å². The molecule has 0 N–H and O–H groups in total. The van der Waals surface area contributed by atoms with Crippen molar-refractivity contribution in [3.05, 3.63) is 88.0 Å². The van der Waals surface area contributed by atoms with E-state index >= 15 is 0 Å². The van der Waals surface area contributed by atoms with Gasteiger partial charge in [0.1, 0.15) is 0 Å². The van der Waals surface area contributed by atoms with Gasteiger partial charge < -0.3 is 0 Å². The van der Waals surface area contributed by atoms with Crippen molar-refractivity contribution in [2.45, 2.75) is 46.0 Å². The van der Waals surface area contributed by atoms with Gasteiger partial charge >= 0.3 is 0 Å². The third-order valence-corrected chi connectivity index (χ3v) is 6.64. The van der Waals surface area contributed by atoms with Crippen molar-refractivity contribution >= 4 is 16.3 Å². The Morgan fingerprint density at radius 3 is 2.62 bits per heavy atom. The Kier molecular flexibility index (Phi) is 3.74. The van der Waals surface area contributed by atoms with Gasteiger partial charge in [-0.05, 0) is 102 Å². The van der Waals surface area contributed by atoms with Crippen molar-refractivity contribution in [1.29, 1.82) is 0 Å². The van der Waals surface area contributed by atoms with E-state index in [-0.39, 0.29) is 0 Å². The average molecular weight is 338 g/mol. The van der Waals surface area contributed by atoms with E-state index < -0.39 is 0 Å². The summed E-state index contributed by atoms with van der Waals surface area (Å²) in [6.07, 6.45) is 18.0. The number of allylic oxidation sites excluding steroid dienone is 8. The zero-order chi connectivity index (χ0) is 17.7. The Balaban J connectivity index is 1.70. The normalized spacial score (nSPS) is 21.6. The number of benzene rings is 2. The summed E-state index contributed by atoms with van der Waals surface area (Å²) < 4.78 is 0. The molecular formula is C26H26. The van der Waals surface area contributed by atoms with E-state index in [0.29, 0.717) is 0 Å². The van der Waals surface area contributed by atoms with E-state index in [1.807, 2.05) is 0 Å². The van der Waals surface area contributed by atoms with Crippen LogP contribution >= 0.6 is 0 Å². The van der Waals surface area contributed by atoms with Crippen LogP contribution in [0.3, 0.4) is 0 Å². The molecule has 2 aromatic rings. The number of hydrogen-bond donors (Lipinski definition) is 0. The van der Waals surface area contributed by atoms with Crippen LogP contribution in [0.4, 0.5) is 0 Å². The Morgan fingerprint density at radius 2 is 1.77 bits per heavy atom. The number of aryl methyl sites for hydroxylation is 2. The first-order valence-electron chi connectivity index (χ1n) is 10.0. The summed E-state index contributed by atoms with van der Waals surface area (Å²) in [5.74, 6) is 0.742. The standard InChI is InChI=1S/C26H26/c1-17-22-10-5-6-11-23(22)18(2)26-24(17)12-7-13-25(26)21-15-14-19-8-3-4-9-20(19)16-21/h3-6,9-11,13,16,19H,7-8,12,14-15H2,1-2H3. The lowest BCUT2D eigenvalue weighted by Gasteiger charge is -2.30. The molecule has 130 valence electrons. The summed E-state index contributed by atoms with van der Waals surface area (Å²) in [4.78, 5) is 0. The van der Waals surface area contributed by atoms with Crippen LogP contribution in [0.25, 0.3) is 16.3 Å². The molecule has 26 heavy (non-hydrogen) atoms. The van der Waals surface area contributed by atoms with Crippen LogP contribution in [0, 0.1) is 19.8 Å². The van der Waals surface area contributed by atoms with Gasteiger partial charge in [0.15, 0.2) is 0 Å². The molecule has 3 aliphatic carbocycles. The smallest absolute Gasteiger partial charge is 0.0114 e. The van der Waals surface area contributed by atoms with Gasteiger partial charge in [-0.1, -0.05) is 54.6 Å². The van der Waals surface area contributed by atoms with Crippen LogP contribution in [-0.2, 0) is 6.42 Å². The molecule has 0 saturated carbocycles. The molecule has 0 bridgehead atoms. The van der Waals surface area contributed by atoms with Gasteiger partial charge in [0.2, 0.25) is 0 Å². The van der Waals surface area contributed by atoms with Gasteiger partial charge in [-0.25, -0.2) is 0 Å². The van der Waals surface area contributed by atoms with Crippen LogP contribution in [0.1, 0.15) is 47.9 Å². The van der Waals surface area contributed by atoms with Gasteiger partial charge in [-0.2, -0.15) is 0 Å². The van der Waals surface area contributed by atoms with Gasteiger partial charge in [-0.15, -0.1) is 0 Å². The first-order valence-corrected chi connectivity index (χ1v) is 10.0. The SMILES string of the molecule is Cc1c2c(c(C)c3ccccc13)C(C1=CC3=CC=CCC3CC1)=CCC2. The largest absolute Gasteiger partial charge is 0.0839 e. The van der Waals surface area contributed by atoms with Crippen molar-refractivity contribution in [3.63, 3.8) is 0 Å². The van der Waals surface area contributed by atoms with Crippen LogP contribution in [-0.4, -0.2) is 0 Å². The monoisotopic (exact) mass is 338 g/mol. The maximum Gasteiger partial charge on any atom is -0.0114 e. The van der Waals surface area contributed by atoms with E-state index in [1.165, 1.54) is 70.7 Å².